The molecule has 65 heavy (non-hydrogen) atoms. The van der Waals surface area contributed by atoms with Crippen LogP contribution in [0.3, 0.4) is 0 Å². The Kier molecular flexibility index (Phi) is 22.1. The van der Waals surface area contributed by atoms with E-state index in [-0.39, 0.29) is 30.8 Å². The van der Waals surface area contributed by atoms with Gasteiger partial charge in [-0.25, -0.2) is 0 Å². The van der Waals surface area contributed by atoms with Crippen molar-refractivity contribution in [3.05, 3.63) is 71.3 Å². The van der Waals surface area contributed by atoms with Crippen LogP contribution in [0.2, 0.25) is 0 Å². The summed E-state index contributed by atoms with van der Waals surface area (Å²) in [7, 11) is 0. The van der Waals surface area contributed by atoms with E-state index in [0.29, 0.717) is 11.3 Å². The van der Waals surface area contributed by atoms with Gasteiger partial charge < -0.3 is 46.9 Å². The maximum absolute atomic E-state index is 14.4. The number of amides is 6. The summed E-state index contributed by atoms with van der Waals surface area (Å²) < 4.78 is 39.3. The van der Waals surface area contributed by atoms with Crippen LogP contribution in [0, 0.1) is 18.3 Å². The fourth-order valence-corrected chi connectivity index (χ4v) is 7.29. The quantitative estimate of drug-likeness (QED) is 0.0634. The molecular weight excluding hydrogens is 878 g/mol. The molecule has 0 saturated heterocycles. The van der Waals surface area contributed by atoms with Gasteiger partial charge in [-0.05, 0) is 41.4 Å². The zero-order chi connectivity index (χ0) is 49.1. The van der Waals surface area contributed by atoms with E-state index in [0.717, 1.165) is 11.1 Å². The van der Waals surface area contributed by atoms with E-state index >= 15 is 0 Å². The smallest absolute Gasteiger partial charge is 0.391 e. The van der Waals surface area contributed by atoms with E-state index in [9.17, 15) is 61.4 Å². The van der Waals surface area contributed by atoms with Crippen molar-refractivity contribution in [2.45, 2.75) is 128 Å². The van der Waals surface area contributed by atoms with Gasteiger partial charge in [-0.3, -0.25) is 38.4 Å². The van der Waals surface area contributed by atoms with Crippen LogP contribution in [0.15, 0.2) is 54.6 Å². The monoisotopic (exact) mass is 936 g/mol. The first-order valence-corrected chi connectivity index (χ1v) is 21.9. The summed E-state index contributed by atoms with van der Waals surface area (Å²) in [4.78, 5) is 116. The van der Waals surface area contributed by atoms with Gasteiger partial charge in [-0.15, -0.1) is 0 Å². The largest absolute Gasteiger partial charge is 0.481 e. The van der Waals surface area contributed by atoms with Crippen LogP contribution in [-0.4, -0.2) is 112 Å². The molecule has 17 nitrogen and oxygen atoms in total. The molecule has 0 aliphatic carbocycles. The zero-order valence-electron chi connectivity index (χ0n) is 37.1. The third-order valence-corrected chi connectivity index (χ3v) is 10.7. The van der Waals surface area contributed by atoms with Gasteiger partial charge in [-0.1, -0.05) is 89.2 Å². The zero-order valence-corrected chi connectivity index (χ0v) is 37.9. The summed E-state index contributed by atoms with van der Waals surface area (Å²) in [6.07, 6.45) is -8.76. The second-order valence-electron chi connectivity index (χ2n) is 16.9. The molecule has 0 aliphatic heterocycles. The SMILES string of the molecule is Cc1ccccc1C[C@H](NC(=O)[C@H](CSCc1ccccc1)NC(=O)[C@H](CC(=O)O)NC(=O)CCC(=O)O)C(=O)N[C@H](C(=O)N[C@@H](CC(C)C)C(=O)NC(C=O)CC(F)(F)F)C(C)(C)C. The number of benzene rings is 2. The van der Waals surface area contributed by atoms with Crippen molar-refractivity contribution < 1.29 is 66.5 Å². The maximum Gasteiger partial charge on any atom is 0.391 e. The van der Waals surface area contributed by atoms with Crippen LogP contribution < -0.4 is 31.9 Å². The second-order valence-corrected chi connectivity index (χ2v) is 18.0. The molecule has 0 aliphatic rings. The molecule has 0 fully saturated rings. The van der Waals surface area contributed by atoms with E-state index in [2.05, 4.69) is 26.6 Å². The molecule has 0 heterocycles. The van der Waals surface area contributed by atoms with Crippen molar-refractivity contribution in [1.29, 1.82) is 0 Å². The molecule has 1 unspecified atom stereocenters. The number of nitrogens with one attached hydrogen (secondary N) is 6. The van der Waals surface area contributed by atoms with Crippen molar-refractivity contribution >= 4 is 65.4 Å². The lowest BCUT2D eigenvalue weighted by Gasteiger charge is -2.34. The van der Waals surface area contributed by atoms with Crippen LogP contribution in [0.1, 0.15) is 83.4 Å². The maximum atomic E-state index is 14.4. The molecule has 2 aromatic rings. The number of carbonyl (C=O) groups excluding carboxylic acids is 7. The van der Waals surface area contributed by atoms with E-state index in [4.69, 9.17) is 5.11 Å². The Labute approximate surface area is 379 Å². The number of rotatable bonds is 26. The van der Waals surface area contributed by atoms with Gasteiger partial charge in [0.25, 0.3) is 0 Å². The number of carboxylic acids is 2. The van der Waals surface area contributed by atoms with E-state index < -0.39 is 121 Å². The van der Waals surface area contributed by atoms with Crippen LogP contribution in [0.4, 0.5) is 13.2 Å². The normalized spacial score (nSPS) is 14.3. The summed E-state index contributed by atoms with van der Waals surface area (Å²) in [5.74, 6) is -8.60. The van der Waals surface area contributed by atoms with Crippen LogP contribution in [0.25, 0.3) is 0 Å². The number of aryl methyl sites for hydroxylation is 1. The lowest BCUT2D eigenvalue weighted by molar-refractivity contribution is -0.147. The van der Waals surface area contributed by atoms with E-state index in [1.807, 2.05) is 17.4 Å². The van der Waals surface area contributed by atoms with Crippen LogP contribution in [0.5, 0.6) is 0 Å². The average molecular weight is 937 g/mol. The molecule has 8 N–H and O–H groups in total. The Hall–Kier alpha value is -5.99. The molecule has 0 bridgehead atoms. The molecule has 6 amide bonds. The summed E-state index contributed by atoms with van der Waals surface area (Å²) in [6, 6.07) is 6.56. The standard InChI is InChI=1S/C44H59F3N6O11S/c1-25(2)18-30(38(60)48-29(22-54)21-44(45,46)47)51-42(64)37(43(4,5)6)53-40(62)31(19-28-15-11-10-12-26(28)3)50-41(63)33(24-65-23-27-13-8-7-9-14-27)52-39(61)32(20-36(58)59)49-34(55)16-17-35(56)57/h7-15,22,25,29-33,37H,16-21,23-24H2,1-6H3,(H,48,60)(H,49,55)(H,50,63)(H,51,64)(H,52,61)(H,53,62)(H,56,57)(H,58,59)/t29?,30-,31-,32-,33-,37+/m0/s1. The number of aldehydes is 1. The minimum absolute atomic E-state index is 0.0549. The molecule has 0 aromatic heterocycles. The highest BCUT2D eigenvalue weighted by Gasteiger charge is 2.39. The van der Waals surface area contributed by atoms with Crippen molar-refractivity contribution in [2.24, 2.45) is 11.3 Å². The highest BCUT2D eigenvalue weighted by Crippen LogP contribution is 2.23. The lowest BCUT2D eigenvalue weighted by Crippen LogP contribution is -2.62. The Morgan fingerprint density at radius 2 is 1.23 bits per heavy atom. The number of carboxylic acid groups (broad SMARTS) is 2. The summed E-state index contributed by atoms with van der Waals surface area (Å²) in [6.45, 7) is 9.94. The molecule has 21 heteroatoms. The van der Waals surface area contributed by atoms with Gasteiger partial charge in [0.05, 0.1) is 25.3 Å². The van der Waals surface area contributed by atoms with E-state index in [1.165, 1.54) is 11.8 Å². The fraction of sp³-hybridized carbons (Fsp3) is 0.523. The Morgan fingerprint density at radius 1 is 0.677 bits per heavy atom. The van der Waals surface area contributed by atoms with Gasteiger partial charge >= 0.3 is 18.1 Å². The predicted molar refractivity (Wildman–Crippen MR) is 234 cm³/mol. The third-order valence-electron chi connectivity index (χ3n) is 9.64. The molecule has 0 spiro atoms. The highest BCUT2D eigenvalue weighted by atomic mass is 32.2. The Morgan fingerprint density at radius 3 is 1.78 bits per heavy atom. The van der Waals surface area contributed by atoms with Crippen molar-refractivity contribution in [2.75, 3.05) is 5.75 Å². The second kappa shape index (κ2) is 26.1. The number of halogens is 3. The van der Waals surface area contributed by atoms with Crippen molar-refractivity contribution in [3.63, 3.8) is 0 Å². The topological polar surface area (TPSA) is 266 Å². The molecule has 2 rings (SSSR count). The molecule has 6 atom stereocenters. The highest BCUT2D eigenvalue weighted by molar-refractivity contribution is 7.98. The molecular formula is C44H59F3N6O11S. The molecule has 2 aromatic carbocycles. The first-order chi connectivity index (χ1) is 30.3. The minimum atomic E-state index is -4.78. The number of thioether (sulfide) groups is 1. The predicted octanol–water partition coefficient (Wildman–Crippen LogP) is 2.96. The molecule has 0 radical (unpaired) electrons. The van der Waals surface area contributed by atoms with Gasteiger partial charge in [-0.2, -0.15) is 24.9 Å². The number of carbonyl (C=O) groups is 9. The Bertz CT molecular complexity index is 1980. The van der Waals surface area contributed by atoms with Gasteiger partial charge in [0.2, 0.25) is 35.4 Å². The van der Waals surface area contributed by atoms with E-state index in [1.54, 1.807) is 84.0 Å². The third kappa shape index (κ3) is 21.0. The summed E-state index contributed by atoms with van der Waals surface area (Å²) >= 11 is 1.21. The van der Waals surface area contributed by atoms with Gasteiger partial charge in [0, 0.05) is 24.3 Å². The van der Waals surface area contributed by atoms with Gasteiger partial charge in [0.15, 0.2) is 0 Å². The Balaban J connectivity index is 2.52. The van der Waals surface area contributed by atoms with Crippen LogP contribution in [-0.2, 0) is 55.3 Å². The molecule has 358 valence electrons. The minimum Gasteiger partial charge on any atom is -0.481 e. The summed E-state index contributed by atoms with van der Waals surface area (Å²) in [5.41, 5.74) is 1.10. The number of alkyl halides is 3. The lowest BCUT2D eigenvalue weighted by atomic mass is 9.85. The van der Waals surface area contributed by atoms with Crippen molar-refractivity contribution in [1.82, 2.24) is 31.9 Å². The first kappa shape index (κ1) is 55.1. The number of hydrogen-bond acceptors (Lipinski definition) is 10. The van der Waals surface area contributed by atoms with Gasteiger partial charge in [0.1, 0.15) is 36.5 Å². The van der Waals surface area contributed by atoms with Crippen molar-refractivity contribution in [3.8, 4) is 0 Å². The fourth-order valence-electron chi connectivity index (χ4n) is 6.28. The number of hydrogen-bond donors (Lipinski definition) is 8. The molecule has 0 saturated carbocycles. The first-order valence-electron chi connectivity index (χ1n) is 20.7. The average Bonchev–Trinajstić information content (AvgIpc) is 3.20. The number of aliphatic carboxylic acids is 2. The summed E-state index contributed by atoms with van der Waals surface area (Å²) in [5, 5.41) is 33.0. The van der Waals surface area contributed by atoms with Crippen LogP contribution >= 0.6 is 11.8 Å².